The highest BCUT2D eigenvalue weighted by Gasteiger charge is 2.52. The van der Waals surface area contributed by atoms with Gasteiger partial charge in [0, 0.05) is 38.4 Å². The Bertz CT molecular complexity index is 708. The van der Waals surface area contributed by atoms with Gasteiger partial charge in [-0.1, -0.05) is 50.6 Å². The zero-order valence-corrected chi connectivity index (χ0v) is 17.2. The molecule has 3 fully saturated rings. The zero-order chi connectivity index (χ0) is 19.7. The Morgan fingerprint density at radius 2 is 1.89 bits per heavy atom. The average Bonchev–Trinajstić information content (AvgIpc) is 3.54. The summed E-state index contributed by atoms with van der Waals surface area (Å²) in [7, 11) is 0. The molecule has 4 rings (SSSR count). The maximum absolute atomic E-state index is 13.4. The van der Waals surface area contributed by atoms with Gasteiger partial charge in [-0.3, -0.25) is 14.9 Å². The molecule has 5 nitrogen and oxygen atoms in total. The number of rotatable bonds is 6. The third kappa shape index (κ3) is 3.82. The minimum absolute atomic E-state index is 0.169. The fraction of sp³-hybridized carbons (Fsp3) is 0.652. The molecule has 0 bridgehead atoms. The van der Waals surface area contributed by atoms with Crippen LogP contribution in [0.25, 0.3) is 0 Å². The number of hydrogen-bond donors (Lipinski definition) is 1. The topological polar surface area (TPSA) is 52.7 Å². The van der Waals surface area contributed by atoms with E-state index >= 15 is 0 Å². The minimum Gasteiger partial charge on any atom is -0.342 e. The molecule has 2 atom stereocenters. The van der Waals surface area contributed by atoms with Crippen LogP contribution in [0.3, 0.4) is 0 Å². The van der Waals surface area contributed by atoms with Crippen molar-refractivity contribution in [3.05, 3.63) is 35.9 Å². The summed E-state index contributed by atoms with van der Waals surface area (Å²) in [4.78, 5) is 30.0. The monoisotopic (exact) mass is 383 g/mol. The molecule has 2 saturated heterocycles. The Balaban J connectivity index is 1.50. The zero-order valence-electron chi connectivity index (χ0n) is 17.2. The van der Waals surface area contributed by atoms with Gasteiger partial charge in [0.05, 0.1) is 11.7 Å². The molecule has 28 heavy (non-hydrogen) atoms. The number of likely N-dealkylation sites (tertiary alicyclic amines) is 1. The lowest BCUT2D eigenvalue weighted by atomic mass is 9.94. The van der Waals surface area contributed by atoms with Crippen LogP contribution in [0.2, 0.25) is 0 Å². The van der Waals surface area contributed by atoms with Gasteiger partial charge in [-0.15, -0.1) is 0 Å². The van der Waals surface area contributed by atoms with Crippen molar-refractivity contribution >= 4 is 11.8 Å². The van der Waals surface area contributed by atoms with Crippen molar-refractivity contribution in [1.29, 1.82) is 0 Å². The molecule has 152 valence electrons. The first-order valence-corrected chi connectivity index (χ1v) is 10.9. The van der Waals surface area contributed by atoms with Gasteiger partial charge < -0.3 is 9.80 Å². The molecule has 1 aromatic carbocycles. The van der Waals surface area contributed by atoms with Crippen LogP contribution in [-0.2, 0) is 16.0 Å². The molecule has 1 N–H and O–H groups in total. The van der Waals surface area contributed by atoms with Gasteiger partial charge in [0.15, 0.2) is 0 Å². The molecule has 0 radical (unpaired) electrons. The number of nitrogens with one attached hydrogen (secondary N) is 1. The van der Waals surface area contributed by atoms with E-state index in [4.69, 9.17) is 0 Å². The van der Waals surface area contributed by atoms with Crippen LogP contribution < -0.4 is 5.32 Å². The van der Waals surface area contributed by atoms with Gasteiger partial charge in [0.1, 0.15) is 0 Å². The number of piperidine rings is 1. The number of carbonyl (C=O) groups is 2. The second-order valence-electron chi connectivity index (χ2n) is 8.98. The maximum Gasteiger partial charge on any atom is 0.241 e. The summed E-state index contributed by atoms with van der Waals surface area (Å²) < 4.78 is 0. The molecule has 2 aliphatic heterocycles. The Labute approximate surface area is 168 Å². The fourth-order valence-corrected chi connectivity index (χ4v) is 4.66. The van der Waals surface area contributed by atoms with Gasteiger partial charge >= 0.3 is 0 Å². The summed E-state index contributed by atoms with van der Waals surface area (Å²) in [5.41, 5.74) is 0.899. The first-order valence-electron chi connectivity index (χ1n) is 10.9. The average molecular weight is 384 g/mol. The summed E-state index contributed by atoms with van der Waals surface area (Å²) in [5, 5.41) is 3.73. The molecule has 1 spiro atoms. The summed E-state index contributed by atoms with van der Waals surface area (Å²) in [6.45, 7) is 6.71. The van der Waals surface area contributed by atoms with Crippen LogP contribution in [-0.4, -0.2) is 53.0 Å². The van der Waals surface area contributed by atoms with Gasteiger partial charge in [0.25, 0.3) is 0 Å². The van der Waals surface area contributed by atoms with Crippen molar-refractivity contribution in [3.63, 3.8) is 0 Å². The van der Waals surface area contributed by atoms with E-state index in [9.17, 15) is 9.59 Å². The van der Waals surface area contributed by atoms with E-state index in [1.807, 2.05) is 23.1 Å². The predicted octanol–water partition coefficient (Wildman–Crippen LogP) is 2.80. The number of carbonyl (C=O) groups excluding carboxylic acids is 2. The number of nitrogens with zero attached hydrogens (tertiary/aromatic N) is 2. The predicted molar refractivity (Wildman–Crippen MR) is 110 cm³/mol. The Kier molecular flexibility index (Phi) is 5.46. The van der Waals surface area contributed by atoms with Crippen molar-refractivity contribution in [2.75, 3.05) is 19.6 Å². The summed E-state index contributed by atoms with van der Waals surface area (Å²) in [6.07, 6.45) is 5.56. The van der Waals surface area contributed by atoms with Crippen molar-refractivity contribution < 1.29 is 9.59 Å². The number of amides is 2. The van der Waals surface area contributed by atoms with Crippen LogP contribution in [0.1, 0.15) is 51.5 Å². The standard InChI is InChI=1S/C23H33N3O2/c1-3-17(2)16-26-22(28)20(15-18-7-5-4-6-8-18)24-23(26)11-13-25(14-12-23)21(27)19-9-10-19/h4-8,17,19-20,24H,3,9-16H2,1-2H3. The molecule has 3 aliphatic rings. The van der Waals surface area contributed by atoms with Crippen LogP contribution in [0, 0.1) is 11.8 Å². The third-order valence-electron chi connectivity index (χ3n) is 6.83. The normalized spacial score (nSPS) is 25.4. The van der Waals surface area contributed by atoms with E-state index in [0.29, 0.717) is 11.8 Å². The van der Waals surface area contributed by atoms with E-state index in [-0.39, 0.29) is 23.5 Å². The van der Waals surface area contributed by atoms with E-state index < -0.39 is 0 Å². The first kappa shape index (κ1) is 19.4. The van der Waals surface area contributed by atoms with Gasteiger partial charge in [-0.05, 0) is 30.7 Å². The molecule has 1 saturated carbocycles. The van der Waals surface area contributed by atoms with Gasteiger partial charge in [-0.25, -0.2) is 0 Å². The van der Waals surface area contributed by atoms with Crippen molar-refractivity contribution in [1.82, 2.24) is 15.1 Å². The van der Waals surface area contributed by atoms with Crippen molar-refractivity contribution in [3.8, 4) is 0 Å². The van der Waals surface area contributed by atoms with Crippen molar-refractivity contribution in [2.45, 2.75) is 64.1 Å². The first-order chi connectivity index (χ1) is 13.5. The summed E-state index contributed by atoms with van der Waals surface area (Å²) in [6, 6.07) is 10.1. The quantitative estimate of drug-likeness (QED) is 0.822. The highest BCUT2D eigenvalue weighted by Crippen LogP contribution is 2.37. The van der Waals surface area contributed by atoms with E-state index in [2.05, 4.69) is 36.2 Å². The number of benzene rings is 1. The smallest absolute Gasteiger partial charge is 0.241 e. The Morgan fingerprint density at radius 3 is 2.50 bits per heavy atom. The van der Waals surface area contributed by atoms with Gasteiger partial charge in [0.2, 0.25) is 11.8 Å². The number of hydrogen-bond acceptors (Lipinski definition) is 3. The third-order valence-corrected chi connectivity index (χ3v) is 6.83. The van der Waals surface area contributed by atoms with Crippen LogP contribution in [0.5, 0.6) is 0 Å². The molecule has 5 heteroatoms. The lowest BCUT2D eigenvalue weighted by molar-refractivity contribution is -0.138. The molecule has 2 heterocycles. The van der Waals surface area contributed by atoms with Crippen LogP contribution in [0.15, 0.2) is 30.3 Å². The van der Waals surface area contributed by atoms with Gasteiger partial charge in [-0.2, -0.15) is 0 Å². The largest absolute Gasteiger partial charge is 0.342 e. The molecular formula is C23H33N3O2. The second kappa shape index (κ2) is 7.86. The SMILES string of the molecule is CCC(C)CN1C(=O)C(Cc2ccccc2)NC12CCN(C(=O)C1CC1)CC2. The maximum atomic E-state index is 13.4. The Morgan fingerprint density at radius 1 is 1.21 bits per heavy atom. The summed E-state index contributed by atoms with van der Waals surface area (Å²) >= 11 is 0. The van der Waals surface area contributed by atoms with Crippen LogP contribution >= 0.6 is 0 Å². The Hall–Kier alpha value is -1.88. The van der Waals surface area contributed by atoms with E-state index in [0.717, 1.165) is 58.2 Å². The highest BCUT2D eigenvalue weighted by atomic mass is 16.2. The molecule has 1 aromatic rings. The molecule has 0 aromatic heterocycles. The van der Waals surface area contributed by atoms with E-state index in [1.54, 1.807) is 0 Å². The second-order valence-corrected chi connectivity index (χ2v) is 8.98. The molecule has 2 unspecified atom stereocenters. The summed E-state index contributed by atoms with van der Waals surface area (Å²) in [5.74, 6) is 1.30. The van der Waals surface area contributed by atoms with E-state index in [1.165, 1.54) is 5.56 Å². The lowest BCUT2D eigenvalue weighted by Gasteiger charge is -2.45. The lowest BCUT2D eigenvalue weighted by Crippen LogP contribution is -2.60. The minimum atomic E-state index is -0.291. The molecular weight excluding hydrogens is 350 g/mol. The highest BCUT2D eigenvalue weighted by molar-refractivity contribution is 5.86. The van der Waals surface area contributed by atoms with Crippen LogP contribution in [0.4, 0.5) is 0 Å². The molecule has 2 amide bonds. The molecule has 1 aliphatic carbocycles. The fourth-order valence-electron chi connectivity index (χ4n) is 4.66. The van der Waals surface area contributed by atoms with Crippen molar-refractivity contribution in [2.24, 2.45) is 11.8 Å².